The van der Waals surface area contributed by atoms with Gasteiger partial charge in [-0.1, -0.05) is 51.1 Å². The van der Waals surface area contributed by atoms with E-state index in [4.69, 9.17) is 4.74 Å². The number of benzene rings is 1. The highest BCUT2D eigenvalue weighted by atomic mass is 16.5. The minimum absolute atomic E-state index is 0.134. The number of rotatable bonds is 8. The van der Waals surface area contributed by atoms with Crippen LogP contribution in [0, 0.1) is 17.2 Å². The van der Waals surface area contributed by atoms with Crippen molar-refractivity contribution in [1.82, 2.24) is 5.32 Å². The molecule has 20 heavy (non-hydrogen) atoms. The normalized spacial score (nSPS) is 15.6. The van der Waals surface area contributed by atoms with Crippen molar-refractivity contribution in [2.75, 3.05) is 13.2 Å². The predicted molar refractivity (Wildman–Crippen MR) is 82.3 cm³/mol. The van der Waals surface area contributed by atoms with Crippen LogP contribution in [0.15, 0.2) is 30.3 Å². The Hall–Kier alpha value is -1.37. The van der Waals surface area contributed by atoms with Crippen molar-refractivity contribution in [1.29, 1.82) is 5.26 Å². The van der Waals surface area contributed by atoms with E-state index in [1.54, 1.807) is 0 Å². The fourth-order valence-corrected chi connectivity index (χ4v) is 1.88. The maximum absolute atomic E-state index is 9.72. The molecular weight excluding hydrogens is 248 g/mol. The molecule has 0 saturated carbocycles. The lowest BCUT2D eigenvalue weighted by Gasteiger charge is -2.30. The minimum Gasteiger partial charge on any atom is -0.375 e. The van der Waals surface area contributed by atoms with Gasteiger partial charge in [0.15, 0.2) is 5.54 Å². The Morgan fingerprint density at radius 3 is 2.40 bits per heavy atom. The largest absolute Gasteiger partial charge is 0.375 e. The first kappa shape index (κ1) is 16.7. The van der Waals surface area contributed by atoms with Gasteiger partial charge < -0.3 is 4.74 Å². The summed E-state index contributed by atoms with van der Waals surface area (Å²) in [7, 11) is 0. The molecule has 0 aliphatic heterocycles. The van der Waals surface area contributed by atoms with E-state index < -0.39 is 5.54 Å². The van der Waals surface area contributed by atoms with Crippen LogP contribution in [-0.4, -0.2) is 19.3 Å². The molecule has 1 aromatic carbocycles. The monoisotopic (exact) mass is 274 g/mol. The summed E-state index contributed by atoms with van der Waals surface area (Å²) in [5, 5.41) is 13.1. The summed E-state index contributed by atoms with van der Waals surface area (Å²) in [5.41, 5.74) is 0.201. The Labute approximate surface area is 123 Å². The number of hydrogen-bond donors (Lipinski definition) is 1. The maximum Gasteiger partial charge on any atom is 0.155 e. The number of nitrogens with zero attached hydrogens (tertiary/aromatic N) is 1. The summed E-state index contributed by atoms with van der Waals surface area (Å²) in [4.78, 5) is 0. The molecule has 0 saturated heterocycles. The van der Waals surface area contributed by atoms with Crippen LogP contribution in [0.25, 0.3) is 0 Å². The molecule has 2 atom stereocenters. The molecule has 1 N–H and O–H groups in total. The van der Waals surface area contributed by atoms with E-state index in [1.807, 2.05) is 30.3 Å². The Kier molecular flexibility index (Phi) is 6.70. The first-order valence-electron chi connectivity index (χ1n) is 7.39. The number of nitriles is 1. The summed E-state index contributed by atoms with van der Waals surface area (Å²) in [6.45, 7) is 9.56. The molecule has 0 radical (unpaired) electrons. The van der Waals surface area contributed by atoms with E-state index >= 15 is 0 Å². The second-order valence-electron chi connectivity index (χ2n) is 5.57. The predicted octanol–water partition coefficient (Wildman–Crippen LogP) is 3.47. The minimum atomic E-state index is -0.763. The van der Waals surface area contributed by atoms with Gasteiger partial charge in [0.25, 0.3) is 0 Å². The quantitative estimate of drug-likeness (QED) is 0.789. The lowest BCUT2D eigenvalue weighted by molar-refractivity contribution is 0.00762. The summed E-state index contributed by atoms with van der Waals surface area (Å²) >= 11 is 0. The van der Waals surface area contributed by atoms with Crippen molar-refractivity contribution in [2.24, 2.45) is 5.92 Å². The van der Waals surface area contributed by atoms with Gasteiger partial charge in [-0.2, -0.15) is 5.26 Å². The zero-order chi connectivity index (χ0) is 15.0. The summed E-state index contributed by atoms with van der Waals surface area (Å²) in [6.07, 6.45) is 1.12. The number of ether oxygens (including phenoxy) is 1. The Morgan fingerprint density at radius 2 is 1.90 bits per heavy atom. The molecule has 3 nitrogen and oxygen atoms in total. The molecule has 0 heterocycles. The van der Waals surface area contributed by atoms with Crippen molar-refractivity contribution in [2.45, 2.75) is 45.8 Å². The van der Waals surface area contributed by atoms with E-state index in [0.29, 0.717) is 12.5 Å². The highest BCUT2D eigenvalue weighted by molar-refractivity contribution is 5.31. The zero-order valence-corrected chi connectivity index (χ0v) is 13.0. The number of hydrogen-bond acceptors (Lipinski definition) is 3. The van der Waals surface area contributed by atoms with Crippen LogP contribution < -0.4 is 5.32 Å². The molecule has 0 aliphatic carbocycles. The third kappa shape index (κ3) is 4.33. The van der Waals surface area contributed by atoms with Gasteiger partial charge in [0.05, 0.1) is 18.8 Å². The van der Waals surface area contributed by atoms with Gasteiger partial charge in [-0.3, -0.25) is 5.32 Å². The van der Waals surface area contributed by atoms with Crippen molar-refractivity contribution in [3.63, 3.8) is 0 Å². The van der Waals surface area contributed by atoms with Gasteiger partial charge in [-0.25, -0.2) is 0 Å². The molecule has 0 aromatic heterocycles. The topological polar surface area (TPSA) is 45.0 Å². The van der Waals surface area contributed by atoms with Crippen LogP contribution in [0.2, 0.25) is 0 Å². The highest BCUT2D eigenvalue weighted by Gasteiger charge is 2.32. The van der Waals surface area contributed by atoms with Crippen LogP contribution in [0.5, 0.6) is 0 Å². The molecule has 0 fully saturated rings. The lowest BCUT2D eigenvalue weighted by Crippen LogP contribution is -2.46. The van der Waals surface area contributed by atoms with Crippen LogP contribution in [0.1, 0.15) is 39.7 Å². The van der Waals surface area contributed by atoms with Crippen LogP contribution in [0.3, 0.4) is 0 Å². The second-order valence-corrected chi connectivity index (χ2v) is 5.57. The third-order valence-corrected chi connectivity index (χ3v) is 3.64. The Balaban J connectivity index is 2.92. The summed E-state index contributed by atoms with van der Waals surface area (Å²) < 4.78 is 5.93. The van der Waals surface area contributed by atoms with Crippen molar-refractivity contribution in [3.8, 4) is 6.07 Å². The SMILES string of the molecule is CCCNC(C#N)(COC(C)C(C)C)c1ccccc1. The second kappa shape index (κ2) is 8.04. The number of nitrogens with one attached hydrogen (secondary N) is 1. The highest BCUT2D eigenvalue weighted by Crippen LogP contribution is 2.22. The smallest absolute Gasteiger partial charge is 0.155 e. The van der Waals surface area contributed by atoms with Crippen LogP contribution >= 0.6 is 0 Å². The van der Waals surface area contributed by atoms with Gasteiger partial charge in [0.2, 0.25) is 0 Å². The maximum atomic E-state index is 9.72. The summed E-state index contributed by atoms with van der Waals surface area (Å²) in [6, 6.07) is 12.3. The van der Waals surface area contributed by atoms with Crippen molar-refractivity contribution < 1.29 is 4.74 Å². The molecule has 0 aliphatic rings. The van der Waals surface area contributed by atoms with Gasteiger partial charge >= 0.3 is 0 Å². The molecular formula is C17H26N2O. The van der Waals surface area contributed by atoms with E-state index in [1.165, 1.54) is 0 Å². The van der Waals surface area contributed by atoms with Gasteiger partial charge in [0.1, 0.15) is 0 Å². The first-order valence-corrected chi connectivity index (χ1v) is 7.39. The molecule has 0 spiro atoms. The molecule has 1 aromatic rings. The molecule has 0 amide bonds. The van der Waals surface area contributed by atoms with Crippen molar-refractivity contribution in [3.05, 3.63) is 35.9 Å². The van der Waals surface area contributed by atoms with E-state index in [2.05, 4.69) is 39.1 Å². The van der Waals surface area contributed by atoms with E-state index in [0.717, 1.165) is 18.5 Å². The van der Waals surface area contributed by atoms with Gasteiger partial charge in [-0.15, -0.1) is 0 Å². The van der Waals surface area contributed by atoms with Gasteiger partial charge in [-0.05, 0) is 31.4 Å². The van der Waals surface area contributed by atoms with E-state index in [-0.39, 0.29) is 6.10 Å². The molecule has 110 valence electrons. The molecule has 1 rings (SSSR count). The van der Waals surface area contributed by atoms with Crippen LogP contribution in [-0.2, 0) is 10.3 Å². The van der Waals surface area contributed by atoms with E-state index in [9.17, 15) is 5.26 Å². The lowest BCUT2D eigenvalue weighted by atomic mass is 9.92. The molecule has 2 unspecified atom stereocenters. The average Bonchev–Trinajstić information content (AvgIpc) is 2.48. The summed E-state index contributed by atoms with van der Waals surface area (Å²) in [5.74, 6) is 0.438. The fraction of sp³-hybridized carbons (Fsp3) is 0.588. The zero-order valence-electron chi connectivity index (χ0n) is 13.0. The Bertz CT molecular complexity index is 424. The standard InChI is InChI=1S/C17H26N2O/c1-5-11-19-17(12-18,13-20-15(4)14(2)3)16-9-7-6-8-10-16/h6-10,14-15,19H,5,11,13H2,1-4H3. The molecule has 3 heteroatoms. The van der Waals surface area contributed by atoms with Crippen molar-refractivity contribution >= 4 is 0 Å². The van der Waals surface area contributed by atoms with Gasteiger partial charge in [0, 0.05) is 0 Å². The first-order chi connectivity index (χ1) is 9.55. The fourth-order valence-electron chi connectivity index (χ4n) is 1.88. The molecule has 0 bridgehead atoms. The Morgan fingerprint density at radius 1 is 1.25 bits per heavy atom. The van der Waals surface area contributed by atoms with Crippen LogP contribution in [0.4, 0.5) is 0 Å². The third-order valence-electron chi connectivity index (χ3n) is 3.64. The average molecular weight is 274 g/mol.